The average molecular weight is 226 g/mol. The second-order valence-electron chi connectivity index (χ2n) is 3.36. The number of rotatable bonds is 6. The van der Waals surface area contributed by atoms with E-state index in [1.807, 2.05) is 6.92 Å². The van der Waals surface area contributed by atoms with Gasteiger partial charge in [0.05, 0.1) is 6.20 Å². The second kappa shape index (κ2) is 5.84. The molecule has 88 valence electrons. The fourth-order valence-corrected chi connectivity index (χ4v) is 1.21. The summed E-state index contributed by atoms with van der Waals surface area (Å²) in [4.78, 5) is 22.3. The topological polar surface area (TPSA) is 108 Å². The largest absolute Gasteiger partial charge is 0.480 e. The molecular weight excluding hydrogens is 212 g/mol. The fourth-order valence-electron chi connectivity index (χ4n) is 1.21. The second-order valence-corrected chi connectivity index (χ2v) is 3.36. The molecule has 1 atom stereocenters. The zero-order valence-corrected chi connectivity index (χ0v) is 8.93. The maximum Gasteiger partial charge on any atom is 0.326 e. The molecule has 0 aliphatic heterocycles. The maximum atomic E-state index is 11.5. The monoisotopic (exact) mass is 226 g/mol. The van der Waals surface area contributed by atoms with Gasteiger partial charge in [0.15, 0.2) is 5.69 Å². The Balaban J connectivity index is 2.54. The molecule has 16 heavy (non-hydrogen) atoms. The van der Waals surface area contributed by atoms with E-state index < -0.39 is 17.9 Å². The van der Waals surface area contributed by atoms with Crippen LogP contribution in [0.3, 0.4) is 0 Å². The van der Waals surface area contributed by atoms with Gasteiger partial charge in [-0.2, -0.15) is 15.4 Å². The van der Waals surface area contributed by atoms with E-state index in [1.165, 1.54) is 6.20 Å². The molecule has 0 aliphatic rings. The molecule has 0 radical (unpaired) electrons. The fraction of sp³-hybridized carbons (Fsp3) is 0.556. The Morgan fingerprint density at radius 1 is 1.62 bits per heavy atom. The van der Waals surface area contributed by atoms with Gasteiger partial charge in [-0.25, -0.2) is 4.79 Å². The Kier molecular flexibility index (Phi) is 4.43. The Morgan fingerprint density at radius 2 is 2.38 bits per heavy atom. The van der Waals surface area contributed by atoms with Crippen LogP contribution in [-0.2, 0) is 4.79 Å². The molecule has 0 aliphatic carbocycles. The van der Waals surface area contributed by atoms with Crippen LogP contribution in [0.1, 0.15) is 36.7 Å². The number of carboxylic acid groups (broad SMARTS) is 1. The number of carbonyl (C=O) groups is 2. The van der Waals surface area contributed by atoms with Crippen LogP contribution < -0.4 is 5.32 Å². The zero-order chi connectivity index (χ0) is 12.0. The van der Waals surface area contributed by atoms with Crippen molar-refractivity contribution in [3.63, 3.8) is 0 Å². The number of aromatic amines is 1. The number of nitrogens with one attached hydrogen (secondary N) is 2. The maximum absolute atomic E-state index is 11.5. The van der Waals surface area contributed by atoms with E-state index in [4.69, 9.17) is 5.11 Å². The lowest BCUT2D eigenvalue weighted by molar-refractivity contribution is -0.139. The molecule has 0 bridgehead atoms. The summed E-state index contributed by atoms with van der Waals surface area (Å²) in [6, 6.07) is -0.871. The first-order valence-corrected chi connectivity index (χ1v) is 5.04. The highest BCUT2D eigenvalue weighted by Crippen LogP contribution is 2.02. The number of aliphatic carboxylic acids is 1. The van der Waals surface area contributed by atoms with Crippen molar-refractivity contribution in [3.8, 4) is 0 Å². The molecule has 7 heteroatoms. The van der Waals surface area contributed by atoms with Crippen LogP contribution in [0.2, 0.25) is 0 Å². The first kappa shape index (κ1) is 12.2. The molecule has 0 saturated carbocycles. The molecule has 0 spiro atoms. The molecule has 1 amide bonds. The normalized spacial score (nSPS) is 12.1. The van der Waals surface area contributed by atoms with Crippen LogP contribution in [-0.4, -0.2) is 38.4 Å². The minimum absolute atomic E-state index is 0.0859. The van der Waals surface area contributed by atoms with Crippen LogP contribution in [0.5, 0.6) is 0 Å². The summed E-state index contributed by atoms with van der Waals surface area (Å²) in [6.07, 6.45) is 3.28. The first-order valence-electron chi connectivity index (χ1n) is 5.04. The van der Waals surface area contributed by atoms with E-state index >= 15 is 0 Å². The minimum Gasteiger partial charge on any atom is -0.480 e. The van der Waals surface area contributed by atoms with Crippen molar-refractivity contribution in [2.45, 2.75) is 32.2 Å². The average Bonchev–Trinajstić information content (AvgIpc) is 2.76. The van der Waals surface area contributed by atoms with Crippen LogP contribution in [0.25, 0.3) is 0 Å². The van der Waals surface area contributed by atoms with E-state index in [0.29, 0.717) is 6.42 Å². The van der Waals surface area contributed by atoms with Crippen LogP contribution in [0, 0.1) is 0 Å². The molecule has 0 fully saturated rings. The number of carboxylic acids is 1. The molecular formula is C9H14N4O3. The predicted molar refractivity (Wildman–Crippen MR) is 54.8 cm³/mol. The van der Waals surface area contributed by atoms with E-state index in [1.54, 1.807) is 0 Å². The summed E-state index contributed by atoms with van der Waals surface area (Å²) in [5.74, 6) is -1.57. The standard InChI is InChI=1S/C9H14N4O3/c1-2-3-4-6(9(15)16)11-8(14)7-5-10-13-12-7/h5-6H,2-4H2,1H3,(H,11,14)(H,15,16)(H,10,12,13)/t6-/m0/s1. The number of carbonyl (C=O) groups excluding carboxylic acids is 1. The summed E-state index contributed by atoms with van der Waals surface area (Å²) in [5.41, 5.74) is 0.0859. The Labute approximate surface area is 92.2 Å². The van der Waals surface area contributed by atoms with Gasteiger partial charge in [-0.3, -0.25) is 4.79 Å². The smallest absolute Gasteiger partial charge is 0.326 e. The lowest BCUT2D eigenvalue weighted by atomic mass is 10.1. The van der Waals surface area contributed by atoms with Gasteiger partial charge in [-0.05, 0) is 6.42 Å². The van der Waals surface area contributed by atoms with Crippen LogP contribution in [0.4, 0.5) is 0 Å². The highest BCUT2D eigenvalue weighted by Gasteiger charge is 2.20. The van der Waals surface area contributed by atoms with Crippen molar-refractivity contribution in [1.29, 1.82) is 0 Å². The Morgan fingerprint density at radius 3 is 2.88 bits per heavy atom. The van der Waals surface area contributed by atoms with Gasteiger partial charge in [-0.15, -0.1) is 0 Å². The van der Waals surface area contributed by atoms with Crippen LogP contribution >= 0.6 is 0 Å². The van der Waals surface area contributed by atoms with Gasteiger partial charge < -0.3 is 10.4 Å². The quantitative estimate of drug-likeness (QED) is 0.641. The highest BCUT2D eigenvalue weighted by atomic mass is 16.4. The molecule has 0 saturated heterocycles. The summed E-state index contributed by atoms with van der Waals surface area (Å²) < 4.78 is 0. The number of unbranched alkanes of at least 4 members (excludes halogenated alkanes) is 1. The Hall–Kier alpha value is -1.92. The number of aromatic nitrogens is 3. The summed E-state index contributed by atoms with van der Waals surface area (Å²) in [6.45, 7) is 1.96. The predicted octanol–water partition coefficient (Wildman–Crippen LogP) is 0.178. The zero-order valence-electron chi connectivity index (χ0n) is 8.93. The van der Waals surface area contributed by atoms with E-state index in [2.05, 4.69) is 20.7 Å². The minimum atomic E-state index is -1.04. The van der Waals surface area contributed by atoms with Gasteiger partial charge >= 0.3 is 5.97 Å². The van der Waals surface area contributed by atoms with Crippen molar-refractivity contribution in [2.24, 2.45) is 0 Å². The van der Waals surface area contributed by atoms with E-state index in [-0.39, 0.29) is 5.69 Å². The molecule has 0 unspecified atom stereocenters. The van der Waals surface area contributed by atoms with Crippen molar-refractivity contribution >= 4 is 11.9 Å². The SMILES string of the molecule is CCCC[C@H](NC(=O)c1cn[nH]n1)C(=O)O. The number of nitrogens with zero attached hydrogens (tertiary/aromatic N) is 2. The lowest BCUT2D eigenvalue weighted by Crippen LogP contribution is -2.40. The van der Waals surface area contributed by atoms with Crippen molar-refractivity contribution in [3.05, 3.63) is 11.9 Å². The Bertz CT molecular complexity index is 350. The molecule has 1 heterocycles. The van der Waals surface area contributed by atoms with E-state index in [0.717, 1.165) is 12.8 Å². The van der Waals surface area contributed by atoms with Gasteiger partial charge in [0.2, 0.25) is 0 Å². The first-order chi connectivity index (χ1) is 7.65. The van der Waals surface area contributed by atoms with Crippen molar-refractivity contribution in [1.82, 2.24) is 20.7 Å². The van der Waals surface area contributed by atoms with Gasteiger partial charge in [0, 0.05) is 0 Å². The number of hydrogen-bond acceptors (Lipinski definition) is 4. The number of amides is 1. The third kappa shape index (κ3) is 3.34. The third-order valence-corrected chi connectivity index (χ3v) is 2.10. The molecule has 7 nitrogen and oxygen atoms in total. The summed E-state index contributed by atoms with van der Waals surface area (Å²) in [7, 11) is 0. The number of hydrogen-bond donors (Lipinski definition) is 3. The number of H-pyrrole nitrogens is 1. The van der Waals surface area contributed by atoms with Crippen molar-refractivity contribution < 1.29 is 14.7 Å². The third-order valence-electron chi connectivity index (χ3n) is 2.10. The molecule has 1 aromatic heterocycles. The summed E-state index contributed by atoms with van der Waals surface area (Å²) in [5, 5.41) is 20.6. The summed E-state index contributed by atoms with van der Waals surface area (Å²) >= 11 is 0. The van der Waals surface area contributed by atoms with Crippen LogP contribution in [0.15, 0.2) is 6.20 Å². The van der Waals surface area contributed by atoms with Gasteiger partial charge in [-0.1, -0.05) is 19.8 Å². The molecule has 1 rings (SSSR count). The molecule has 0 aromatic carbocycles. The van der Waals surface area contributed by atoms with Gasteiger partial charge in [0.1, 0.15) is 6.04 Å². The van der Waals surface area contributed by atoms with E-state index in [9.17, 15) is 9.59 Å². The van der Waals surface area contributed by atoms with Gasteiger partial charge in [0.25, 0.3) is 5.91 Å². The highest BCUT2D eigenvalue weighted by molar-refractivity contribution is 5.94. The lowest BCUT2D eigenvalue weighted by Gasteiger charge is -2.12. The molecule has 1 aromatic rings. The molecule has 3 N–H and O–H groups in total. The van der Waals surface area contributed by atoms with Crippen molar-refractivity contribution in [2.75, 3.05) is 0 Å².